The summed E-state index contributed by atoms with van der Waals surface area (Å²) in [5.74, 6) is 5.82. The van der Waals surface area contributed by atoms with Gasteiger partial charge in [0.05, 0.1) is 5.69 Å². The minimum Gasteiger partial charge on any atom is -0.299 e. The van der Waals surface area contributed by atoms with E-state index in [4.69, 9.17) is 5.84 Å². The fourth-order valence-corrected chi connectivity index (χ4v) is 3.34. The number of hydrogen-bond acceptors (Lipinski definition) is 5. The van der Waals surface area contributed by atoms with Gasteiger partial charge in [0.15, 0.2) is 0 Å². The average molecular weight is 278 g/mol. The van der Waals surface area contributed by atoms with Crippen LogP contribution in [0.2, 0.25) is 0 Å². The van der Waals surface area contributed by atoms with Crippen molar-refractivity contribution in [1.82, 2.24) is 25.0 Å². The summed E-state index contributed by atoms with van der Waals surface area (Å²) < 4.78 is 2.01. The molecule has 0 spiro atoms. The Bertz CT molecular complexity index is 435. The Morgan fingerprint density at radius 3 is 2.60 bits per heavy atom. The Morgan fingerprint density at radius 1 is 1.35 bits per heavy atom. The number of piperazine rings is 3. The summed E-state index contributed by atoms with van der Waals surface area (Å²) in [6, 6.07) is 3.30. The number of nitrogens with two attached hydrogens (primary N) is 1. The van der Waals surface area contributed by atoms with Crippen LogP contribution in [-0.2, 0) is 6.42 Å². The predicted molar refractivity (Wildman–Crippen MR) is 79.2 cm³/mol. The van der Waals surface area contributed by atoms with Crippen LogP contribution in [0.3, 0.4) is 0 Å². The number of rotatable bonds is 5. The number of hydrogen-bond donors (Lipinski definition) is 2. The lowest BCUT2D eigenvalue weighted by Crippen LogP contribution is -2.67. The van der Waals surface area contributed by atoms with Crippen molar-refractivity contribution in [3.63, 3.8) is 0 Å². The van der Waals surface area contributed by atoms with Crippen molar-refractivity contribution in [3.05, 3.63) is 18.0 Å². The van der Waals surface area contributed by atoms with Crippen LogP contribution in [-0.4, -0.2) is 64.4 Å². The van der Waals surface area contributed by atoms with Crippen LogP contribution < -0.4 is 11.3 Å². The average Bonchev–Trinajstić information content (AvgIpc) is 2.95. The number of fused-ring (bicyclic) bond motifs is 3. The van der Waals surface area contributed by atoms with Crippen LogP contribution in [0.15, 0.2) is 12.3 Å². The third kappa shape index (κ3) is 2.74. The quantitative estimate of drug-likeness (QED) is 0.579. The first-order valence-corrected chi connectivity index (χ1v) is 7.64. The first-order valence-electron chi connectivity index (χ1n) is 7.64. The molecule has 2 bridgehead atoms. The van der Waals surface area contributed by atoms with Gasteiger partial charge in [0.1, 0.15) is 0 Å². The summed E-state index contributed by atoms with van der Waals surface area (Å²) in [4.78, 5) is 5.12. The molecule has 3 fully saturated rings. The largest absolute Gasteiger partial charge is 0.299 e. The molecule has 0 aromatic carbocycles. The Hall–Kier alpha value is -0.950. The monoisotopic (exact) mass is 278 g/mol. The summed E-state index contributed by atoms with van der Waals surface area (Å²) >= 11 is 0. The molecule has 1 aromatic rings. The maximum atomic E-state index is 5.82. The molecule has 112 valence electrons. The van der Waals surface area contributed by atoms with Crippen molar-refractivity contribution in [2.24, 2.45) is 5.84 Å². The summed E-state index contributed by atoms with van der Waals surface area (Å²) in [5, 5.41) is 4.64. The zero-order valence-corrected chi connectivity index (χ0v) is 12.5. The van der Waals surface area contributed by atoms with Crippen molar-refractivity contribution in [3.8, 4) is 0 Å². The van der Waals surface area contributed by atoms with Crippen LogP contribution in [0, 0.1) is 0 Å². The van der Waals surface area contributed by atoms with Gasteiger partial charge in [-0.05, 0) is 19.9 Å². The van der Waals surface area contributed by atoms with E-state index < -0.39 is 0 Å². The Labute approximate surface area is 120 Å². The van der Waals surface area contributed by atoms with E-state index in [2.05, 4.69) is 46.4 Å². The Balaban J connectivity index is 1.67. The zero-order chi connectivity index (χ0) is 14.1. The molecule has 2 unspecified atom stereocenters. The molecule has 0 amide bonds. The van der Waals surface area contributed by atoms with Crippen LogP contribution >= 0.6 is 0 Å². The van der Waals surface area contributed by atoms with Gasteiger partial charge in [0.25, 0.3) is 0 Å². The van der Waals surface area contributed by atoms with Gasteiger partial charge < -0.3 is 0 Å². The van der Waals surface area contributed by atoms with Gasteiger partial charge in [-0.25, -0.2) is 0 Å². The molecule has 4 heterocycles. The van der Waals surface area contributed by atoms with E-state index in [0.29, 0.717) is 12.1 Å². The molecule has 3 aliphatic rings. The van der Waals surface area contributed by atoms with Crippen LogP contribution in [0.4, 0.5) is 0 Å². The molecule has 0 aliphatic carbocycles. The van der Waals surface area contributed by atoms with Crippen molar-refractivity contribution in [2.45, 2.75) is 38.4 Å². The summed E-state index contributed by atoms with van der Waals surface area (Å²) in [6.45, 7) is 10.2. The van der Waals surface area contributed by atoms with E-state index in [1.165, 1.54) is 26.2 Å². The first kappa shape index (κ1) is 14.0. The third-order valence-corrected chi connectivity index (χ3v) is 4.62. The van der Waals surface area contributed by atoms with Gasteiger partial charge in [-0.1, -0.05) is 0 Å². The Kier molecular flexibility index (Phi) is 4.07. The van der Waals surface area contributed by atoms with Gasteiger partial charge >= 0.3 is 0 Å². The molecule has 3 saturated heterocycles. The molecular formula is C14H26N6. The van der Waals surface area contributed by atoms with Crippen molar-refractivity contribution >= 4 is 0 Å². The predicted octanol–water partition coefficient (Wildman–Crippen LogP) is -0.162. The highest BCUT2D eigenvalue weighted by atomic mass is 15.4. The molecule has 3 N–H and O–H groups in total. The Morgan fingerprint density at radius 2 is 2.10 bits per heavy atom. The smallest absolute Gasteiger partial charge is 0.0641 e. The van der Waals surface area contributed by atoms with E-state index in [-0.39, 0.29) is 6.04 Å². The summed E-state index contributed by atoms with van der Waals surface area (Å²) in [6.07, 6.45) is 2.95. The number of nitrogens with zero attached hydrogens (tertiary/aromatic N) is 4. The molecule has 2 atom stereocenters. The molecule has 6 nitrogen and oxygen atoms in total. The SMILES string of the molecule is CC(C)n1ccc(CC(NN)C2CN3CCN2CC3)n1. The van der Waals surface area contributed by atoms with Crippen LogP contribution in [0.1, 0.15) is 25.6 Å². The van der Waals surface area contributed by atoms with E-state index in [1.807, 2.05) is 4.68 Å². The number of hydrazine groups is 1. The maximum Gasteiger partial charge on any atom is 0.0641 e. The van der Waals surface area contributed by atoms with Crippen molar-refractivity contribution in [1.29, 1.82) is 0 Å². The minimum atomic E-state index is 0.272. The molecule has 6 heteroatoms. The van der Waals surface area contributed by atoms with Gasteiger partial charge in [0, 0.05) is 63.5 Å². The highest BCUT2D eigenvalue weighted by Crippen LogP contribution is 2.20. The fraction of sp³-hybridized carbons (Fsp3) is 0.786. The second-order valence-corrected chi connectivity index (χ2v) is 6.26. The fourth-order valence-electron chi connectivity index (χ4n) is 3.34. The molecule has 0 radical (unpaired) electrons. The number of nitrogens with one attached hydrogen (secondary N) is 1. The standard InChI is InChI=1S/C14H26N6/c1-11(2)20-4-3-12(17-20)9-13(16-15)14-10-18-5-7-19(14)8-6-18/h3-4,11,13-14,16H,5-10,15H2,1-2H3. The van der Waals surface area contributed by atoms with E-state index in [0.717, 1.165) is 18.7 Å². The number of aromatic nitrogens is 2. The summed E-state index contributed by atoms with van der Waals surface area (Å²) in [5.41, 5.74) is 4.15. The highest BCUT2D eigenvalue weighted by molar-refractivity contribution is 5.05. The van der Waals surface area contributed by atoms with Crippen molar-refractivity contribution in [2.75, 3.05) is 32.7 Å². The lowest BCUT2D eigenvalue weighted by atomic mass is 9.97. The van der Waals surface area contributed by atoms with E-state index in [1.54, 1.807) is 0 Å². The normalized spacial score (nSPS) is 30.9. The van der Waals surface area contributed by atoms with Gasteiger partial charge in [0.2, 0.25) is 0 Å². The maximum absolute atomic E-state index is 5.82. The molecular weight excluding hydrogens is 252 g/mol. The summed E-state index contributed by atoms with van der Waals surface area (Å²) in [7, 11) is 0. The zero-order valence-electron chi connectivity index (χ0n) is 12.5. The minimum absolute atomic E-state index is 0.272. The second kappa shape index (κ2) is 5.81. The molecule has 4 rings (SSSR count). The van der Waals surface area contributed by atoms with Crippen LogP contribution in [0.5, 0.6) is 0 Å². The first-order chi connectivity index (χ1) is 9.67. The van der Waals surface area contributed by atoms with E-state index >= 15 is 0 Å². The van der Waals surface area contributed by atoms with Gasteiger partial charge in [-0.15, -0.1) is 0 Å². The topological polar surface area (TPSA) is 62.4 Å². The van der Waals surface area contributed by atoms with E-state index in [9.17, 15) is 0 Å². The van der Waals surface area contributed by atoms with Gasteiger partial charge in [-0.3, -0.25) is 25.8 Å². The van der Waals surface area contributed by atoms with Gasteiger partial charge in [-0.2, -0.15) is 5.10 Å². The lowest BCUT2D eigenvalue weighted by molar-refractivity contribution is -0.00330. The molecule has 3 aliphatic heterocycles. The van der Waals surface area contributed by atoms with Crippen molar-refractivity contribution < 1.29 is 0 Å². The lowest BCUT2D eigenvalue weighted by Gasteiger charge is -2.50. The molecule has 1 aromatic heterocycles. The second-order valence-electron chi connectivity index (χ2n) is 6.26. The molecule has 20 heavy (non-hydrogen) atoms. The molecule has 0 saturated carbocycles. The van der Waals surface area contributed by atoms with Crippen LogP contribution in [0.25, 0.3) is 0 Å². The highest BCUT2D eigenvalue weighted by Gasteiger charge is 2.36. The third-order valence-electron chi connectivity index (χ3n) is 4.62.